The number of nitrogens with two attached hydrogens (primary N) is 1. The van der Waals surface area contributed by atoms with E-state index in [1.54, 1.807) is 14.0 Å². The van der Waals surface area contributed by atoms with Crippen LogP contribution < -0.4 is 5.73 Å². The van der Waals surface area contributed by atoms with Crippen LogP contribution in [0.4, 0.5) is 8.78 Å². The van der Waals surface area contributed by atoms with Crippen LogP contribution in [-0.4, -0.2) is 23.9 Å². The number of likely N-dealkylation sites (N-methyl/N-ethyl adjacent to an activating group) is 1. The molecule has 0 aliphatic heterocycles. The Kier molecular flexibility index (Phi) is 5.00. The number of hydrogen-bond acceptors (Lipinski definition) is 2. The summed E-state index contributed by atoms with van der Waals surface area (Å²) in [7, 11) is 1.54. The highest BCUT2D eigenvalue weighted by Crippen LogP contribution is 2.23. The number of amides is 1. The molecule has 5 heteroatoms. The first-order valence-corrected chi connectivity index (χ1v) is 6.23. The molecule has 2 atom stereocenters. The highest BCUT2D eigenvalue weighted by atomic mass is 19.1. The van der Waals surface area contributed by atoms with E-state index in [0.717, 1.165) is 18.2 Å². The van der Waals surface area contributed by atoms with Crippen LogP contribution in [0.2, 0.25) is 0 Å². The quantitative estimate of drug-likeness (QED) is 0.913. The van der Waals surface area contributed by atoms with E-state index in [4.69, 9.17) is 5.73 Å². The van der Waals surface area contributed by atoms with Gasteiger partial charge in [0.2, 0.25) is 5.91 Å². The number of benzene rings is 1. The molecule has 0 aliphatic rings. The van der Waals surface area contributed by atoms with Crippen LogP contribution in [0.25, 0.3) is 0 Å². The van der Waals surface area contributed by atoms with Crippen molar-refractivity contribution in [2.75, 3.05) is 7.05 Å². The van der Waals surface area contributed by atoms with Gasteiger partial charge < -0.3 is 10.6 Å². The lowest BCUT2D eigenvalue weighted by Crippen LogP contribution is -2.45. The largest absolute Gasteiger partial charge is 0.338 e. The molecule has 1 rings (SSSR count). The van der Waals surface area contributed by atoms with E-state index in [1.807, 2.05) is 13.8 Å². The molecule has 3 nitrogen and oxygen atoms in total. The Hall–Kier alpha value is -1.49. The van der Waals surface area contributed by atoms with E-state index in [1.165, 1.54) is 4.90 Å². The highest BCUT2D eigenvalue weighted by molar-refractivity contribution is 5.82. The number of carbonyl (C=O) groups is 1. The summed E-state index contributed by atoms with van der Waals surface area (Å²) < 4.78 is 26.8. The first kappa shape index (κ1) is 15.6. The molecule has 106 valence electrons. The minimum Gasteiger partial charge on any atom is -0.338 e. The Bertz CT molecular complexity index is 463. The molecule has 0 spiro atoms. The van der Waals surface area contributed by atoms with Crippen LogP contribution in [0.3, 0.4) is 0 Å². The van der Waals surface area contributed by atoms with Crippen LogP contribution in [0.15, 0.2) is 18.2 Å². The minimum atomic E-state index is -0.649. The molecule has 0 radical (unpaired) electrons. The van der Waals surface area contributed by atoms with Crippen molar-refractivity contribution in [3.05, 3.63) is 35.4 Å². The molecular weight excluding hydrogens is 250 g/mol. The van der Waals surface area contributed by atoms with Crippen LogP contribution in [0, 0.1) is 17.6 Å². The second-order valence-electron chi connectivity index (χ2n) is 5.06. The van der Waals surface area contributed by atoms with Gasteiger partial charge in [0.05, 0.1) is 12.1 Å². The third-order valence-electron chi connectivity index (χ3n) is 3.34. The predicted molar refractivity (Wildman–Crippen MR) is 70.4 cm³/mol. The molecule has 1 unspecified atom stereocenters. The van der Waals surface area contributed by atoms with Crippen molar-refractivity contribution in [1.29, 1.82) is 0 Å². The SMILES string of the molecule is CC(C)[C@H](N)C(=O)N(C)C(C)c1cc(F)ccc1F. The van der Waals surface area contributed by atoms with Crippen LogP contribution in [0.5, 0.6) is 0 Å². The van der Waals surface area contributed by atoms with Gasteiger partial charge in [-0.15, -0.1) is 0 Å². The smallest absolute Gasteiger partial charge is 0.239 e. The zero-order chi connectivity index (χ0) is 14.7. The van der Waals surface area contributed by atoms with Gasteiger partial charge in [-0.2, -0.15) is 0 Å². The van der Waals surface area contributed by atoms with Gasteiger partial charge in [-0.05, 0) is 31.0 Å². The zero-order valence-corrected chi connectivity index (χ0v) is 11.7. The van der Waals surface area contributed by atoms with Crippen LogP contribution >= 0.6 is 0 Å². The third-order valence-corrected chi connectivity index (χ3v) is 3.34. The van der Waals surface area contributed by atoms with Crippen molar-refractivity contribution in [1.82, 2.24) is 4.90 Å². The molecule has 0 fully saturated rings. The zero-order valence-electron chi connectivity index (χ0n) is 11.7. The van der Waals surface area contributed by atoms with Crippen molar-refractivity contribution in [2.24, 2.45) is 11.7 Å². The monoisotopic (exact) mass is 270 g/mol. The molecule has 1 aromatic carbocycles. The van der Waals surface area contributed by atoms with Gasteiger partial charge in [0, 0.05) is 12.6 Å². The number of nitrogens with zero attached hydrogens (tertiary/aromatic N) is 1. The van der Waals surface area contributed by atoms with E-state index >= 15 is 0 Å². The Balaban J connectivity index is 2.96. The predicted octanol–water partition coefficient (Wildman–Crippen LogP) is 2.47. The first-order valence-electron chi connectivity index (χ1n) is 6.23. The van der Waals surface area contributed by atoms with E-state index in [-0.39, 0.29) is 17.4 Å². The van der Waals surface area contributed by atoms with Gasteiger partial charge in [-0.1, -0.05) is 13.8 Å². The summed E-state index contributed by atoms with van der Waals surface area (Å²) in [5, 5.41) is 0. The van der Waals surface area contributed by atoms with Gasteiger partial charge in [0.15, 0.2) is 0 Å². The van der Waals surface area contributed by atoms with Crippen LogP contribution in [0.1, 0.15) is 32.4 Å². The number of halogens is 2. The van der Waals surface area contributed by atoms with Gasteiger partial charge in [0.1, 0.15) is 11.6 Å². The van der Waals surface area contributed by atoms with E-state index in [0.29, 0.717) is 0 Å². The number of hydrogen-bond donors (Lipinski definition) is 1. The molecule has 0 saturated heterocycles. The average molecular weight is 270 g/mol. The third kappa shape index (κ3) is 3.50. The standard InChI is InChI=1S/C14H20F2N2O/c1-8(2)13(17)14(19)18(4)9(3)11-7-10(15)5-6-12(11)16/h5-9,13H,17H2,1-4H3/t9?,13-/m0/s1. The lowest BCUT2D eigenvalue weighted by molar-refractivity contribution is -0.134. The number of carbonyl (C=O) groups excluding carboxylic acids is 1. The highest BCUT2D eigenvalue weighted by Gasteiger charge is 2.26. The van der Waals surface area contributed by atoms with Crippen molar-refractivity contribution in [3.8, 4) is 0 Å². The molecular formula is C14H20F2N2O. The van der Waals surface area contributed by atoms with E-state index in [2.05, 4.69) is 0 Å². The Labute approximate surface area is 112 Å². The normalized spacial score (nSPS) is 14.3. The fourth-order valence-electron chi connectivity index (χ4n) is 1.75. The summed E-state index contributed by atoms with van der Waals surface area (Å²) in [5.74, 6) is -1.37. The average Bonchev–Trinajstić information content (AvgIpc) is 2.37. The molecule has 0 saturated carbocycles. The summed E-state index contributed by atoms with van der Waals surface area (Å²) in [4.78, 5) is 13.4. The fraction of sp³-hybridized carbons (Fsp3) is 0.500. The lowest BCUT2D eigenvalue weighted by atomic mass is 10.0. The molecule has 1 aromatic rings. The Morgan fingerprint density at radius 1 is 1.26 bits per heavy atom. The van der Waals surface area contributed by atoms with Crippen molar-refractivity contribution < 1.29 is 13.6 Å². The maximum atomic E-state index is 13.7. The molecule has 1 amide bonds. The molecule has 0 bridgehead atoms. The van der Waals surface area contributed by atoms with Crippen molar-refractivity contribution in [3.63, 3.8) is 0 Å². The van der Waals surface area contributed by atoms with Gasteiger partial charge >= 0.3 is 0 Å². The second-order valence-corrected chi connectivity index (χ2v) is 5.06. The van der Waals surface area contributed by atoms with E-state index < -0.39 is 23.7 Å². The molecule has 0 heterocycles. The van der Waals surface area contributed by atoms with Gasteiger partial charge in [-0.25, -0.2) is 8.78 Å². The summed E-state index contributed by atoms with van der Waals surface area (Å²) >= 11 is 0. The molecule has 0 aromatic heterocycles. The summed E-state index contributed by atoms with van der Waals surface area (Å²) in [6.45, 7) is 5.32. The summed E-state index contributed by atoms with van der Waals surface area (Å²) in [5.41, 5.74) is 5.93. The second kappa shape index (κ2) is 6.10. The maximum Gasteiger partial charge on any atom is 0.239 e. The minimum absolute atomic E-state index is 0.0143. The summed E-state index contributed by atoms with van der Waals surface area (Å²) in [6.07, 6.45) is 0. The Morgan fingerprint density at radius 2 is 1.84 bits per heavy atom. The van der Waals surface area contributed by atoms with Crippen molar-refractivity contribution in [2.45, 2.75) is 32.9 Å². The fourth-order valence-corrected chi connectivity index (χ4v) is 1.75. The van der Waals surface area contributed by atoms with Gasteiger partial charge in [-0.3, -0.25) is 4.79 Å². The van der Waals surface area contributed by atoms with E-state index in [9.17, 15) is 13.6 Å². The Morgan fingerprint density at radius 3 is 2.37 bits per heavy atom. The van der Waals surface area contributed by atoms with Crippen molar-refractivity contribution >= 4 is 5.91 Å². The first-order chi connectivity index (χ1) is 8.75. The topological polar surface area (TPSA) is 46.3 Å². The molecule has 19 heavy (non-hydrogen) atoms. The maximum absolute atomic E-state index is 13.7. The molecule has 0 aliphatic carbocycles. The summed E-state index contributed by atoms with van der Waals surface area (Å²) in [6, 6.07) is 1.98. The van der Waals surface area contributed by atoms with Crippen LogP contribution in [-0.2, 0) is 4.79 Å². The number of rotatable bonds is 4. The van der Waals surface area contributed by atoms with Gasteiger partial charge in [0.25, 0.3) is 0 Å². The molecule has 2 N–H and O–H groups in total. The lowest BCUT2D eigenvalue weighted by Gasteiger charge is -2.29.